The number of halogens is 2. The zero-order valence-electron chi connectivity index (χ0n) is 12.1. The van der Waals surface area contributed by atoms with Gasteiger partial charge in [-0.2, -0.15) is 12.7 Å². The van der Waals surface area contributed by atoms with Crippen molar-refractivity contribution in [2.24, 2.45) is 0 Å². The van der Waals surface area contributed by atoms with Crippen LogP contribution in [-0.2, 0) is 15.0 Å². The summed E-state index contributed by atoms with van der Waals surface area (Å²) < 4.78 is 53.2. The van der Waals surface area contributed by atoms with Gasteiger partial charge in [0.25, 0.3) is 0 Å². The minimum absolute atomic E-state index is 0.0661. The van der Waals surface area contributed by atoms with E-state index in [1.54, 1.807) is 13.8 Å². The second-order valence-electron chi connectivity index (χ2n) is 4.44. The maximum atomic E-state index is 13.6. The first-order chi connectivity index (χ1) is 9.72. The third kappa shape index (κ3) is 4.21. The lowest BCUT2D eigenvalue weighted by Gasteiger charge is -2.20. The molecular formula is C13H18F2N2O3S. The molecular weight excluding hydrogens is 302 g/mol. The number of nitrogens with zero attached hydrogens (tertiary/aromatic N) is 1. The minimum Gasteiger partial charge on any atom is -0.273 e. The maximum Gasteiger partial charge on any atom is 0.303 e. The van der Waals surface area contributed by atoms with Crippen molar-refractivity contribution in [3.8, 4) is 0 Å². The number of hydrogen-bond donors (Lipinski definition) is 1. The monoisotopic (exact) mass is 320 g/mol. The molecule has 0 saturated carbocycles. The van der Waals surface area contributed by atoms with Crippen LogP contribution in [0.5, 0.6) is 0 Å². The first-order valence-electron chi connectivity index (χ1n) is 6.49. The van der Waals surface area contributed by atoms with Crippen molar-refractivity contribution < 1.29 is 22.0 Å². The maximum absolute atomic E-state index is 13.6. The molecule has 1 N–H and O–H groups in total. The van der Waals surface area contributed by atoms with Gasteiger partial charge in [0.15, 0.2) is 0 Å². The molecule has 1 aromatic rings. The quantitative estimate of drug-likeness (QED) is 0.869. The van der Waals surface area contributed by atoms with E-state index in [4.69, 9.17) is 0 Å². The molecule has 5 nitrogen and oxygen atoms in total. The predicted octanol–water partition coefficient (Wildman–Crippen LogP) is 1.77. The van der Waals surface area contributed by atoms with Crippen LogP contribution in [-0.4, -0.2) is 31.7 Å². The van der Waals surface area contributed by atoms with Crippen molar-refractivity contribution in [1.29, 1.82) is 0 Å². The second-order valence-corrected chi connectivity index (χ2v) is 6.11. The summed E-state index contributed by atoms with van der Waals surface area (Å²) in [6.07, 6.45) is 0. The number of carbonyl (C=O) groups is 1. The van der Waals surface area contributed by atoms with E-state index in [2.05, 4.69) is 0 Å². The highest BCUT2D eigenvalue weighted by Crippen LogP contribution is 2.20. The van der Waals surface area contributed by atoms with Crippen molar-refractivity contribution in [3.63, 3.8) is 0 Å². The SMILES string of the molecule is CCN(CC)S(=O)(=O)NC(=O)C(C)c1ccc(F)cc1F. The van der Waals surface area contributed by atoms with Gasteiger partial charge >= 0.3 is 10.2 Å². The topological polar surface area (TPSA) is 66.5 Å². The lowest BCUT2D eigenvalue weighted by molar-refractivity contribution is -0.120. The number of hydrogen-bond acceptors (Lipinski definition) is 3. The molecule has 8 heteroatoms. The van der Waals surface area contributed by atoms with Gasteiger partial charge in [-0.05, 0) is 13.0 Å². The van der Waals surface area contributed by atoms with Crippen LogP contribution in [0, 0.1) is 11.6 Å². The Morgan fingerprint density at radius 3 is 2.33 bits per heavy atom. The standard InChI is InChI=1S/C13H18F2N2O3S/c1-4-17(5-2)21(19,20)16-13(18)9(3)11-7-6-10(14)8-12(11)15/h6-9H,4-5H2,1-3H3,(H,16,18). The Morgan fingerprint density at radius 1 is 1.29 bits per heavy atom. The number of rotatable bonds is 6. The molecule has 0 aromatic heterocycles. The normalized spacial score (nSPS) is 13.2. The van der Waals surface area contributed by atoms with E-state index in [1.165, 1.54) is 6.92 Å². The van der Waals surface area contributed by atoms with Gasteiger partial charge in [-0.25, -0.2) is 13.5 Å². The average molecular weight is 320 g/mol. The number of carbonyl (C=O) groups excluding carboxylic acids is 1. The summed E-state index contributed by atoms with van der Waals surface area (Å²) in [5.41, 5.74) is -0.0661. The molecule has 0 radical (unpaired) electrons. The van der Waals surface area contributed by atoms with Crippen LogP contribution in [0.3, 0.4) is 0 Å². The molecule has 0 aliphatic heterocycles. The van der Waals surface area contributed by atoms with Crippen LogP contribution in [0.15, 0.2) is 18.2 Å². The lowest BCUT2D eigenvalue weighted by atomic mass is 10.0. The summed E-state index contributed by atoms with van der Waals surface area (Å²) in [6, 6.07) is 2.79. The highest BCUT2D eigenvalue weighted by atomic mass is 32.2. The predicted molar refractivity (Wildman–Crippen MR) is 74.8 cm³/mol. The summed E-state index contributed by atoms with van der Waals surface area (Å²) >= 11 is 0. The molecule has 21 heavy (non-hydrogen) atoms. The van der Waals surface area contributed by atoms with Crippen LogP contribution < -0.4 is 4.72 Å². The largest absolute Gasteiger partial charge is 0.303 e. The van der Waals surface area contributed by atoms with Crippen LogP contribution in [0.2, 0.25) is 0 Å². The molecule has 1 amide bonds. The fraction of sp³-hybridized carbons (Fsp3) is 0.462. The van der Waals surface area contributed by atoms with E-state index in [1.807, 2.05) is 4.72 Å². The molecule has 0 aliphatic carbocycles. The Bertz CT molecular complexity index is 616. The summed E-state index contributed by atoms with van der Waals surface area (Å²) in [5.74, 6) is -3.58. The van der Waals surface area contributed by atoms with E-state index >= 15 is 0 Å². The third-order valence-corrected chi connectivity index (χ3v) is 4.75. The van der Waals surface area contributed by atoms with Gasteiger partial charge in [-0.1, -0.05) is 19.9 Å². The summed E-state index contributed by atoms with van der Waals surface area (Å²) in [4.78, 5) is 12.0. The summed E-state index contributed by atoms with van der Waals surface area (Å²) in [6.45, 7) is 5.03. The van der Waals surface area contributed by atoms with Crippen LogP contribution in [0.4, 0.5) is 8.78 Å². The summed E-state index contributed by atoms with van der Waals surface area (Å²) in [7, 11) is -3.96. The first-order valence-corrected chi connectivity index (χ1v) is 7.93. The Hall–Kier alpha value is -1.54. The molecule has 1 aromatic carbocycles. The highest BCUT2D eigenvalue weighted by Gasteiger charge is 2.26. The summed E-state index contributed by atoms with van der Waals surface area (Å²) in [5, 5.41) is 0. The molecule has 1 rings (SSSR count). The van der Waals surface area contributed by atoms with E-state index in [9.17, 15) is 22.0 Å². The minimum atomic E-state index is -3.96. The van der Waals surface area contributed by atoms with Gasteiger partial charge < -0.3 is 0 Å². The average Bonchev–Trinajstić information content (AvgIpc) is 2.38. The number of amides is 1. The van der Waals surface area contributed by atoms with Gasteiger partial charge in [0, 0.05) is 24.7 Å². The molecule has 0 saturated heterocycles. The van der Waals surface area contributed by atoms with E-state index in [0.717, 1.165) is 16.4 Å². The van der Waals surface area contributed by atoms with E-state index in [0.29, 0.717) is 6.07 Å². The first kappa shape index (κ1) is 17.5. The van der Waals surface area contributed by atoms with Crippen molar-refractivity contribution in [2.45, 2.75) is 26.7 Å². The molecule has 1 atom stereocenters. The molecule has 0 heterocycles. The molecule has 0 spiro atoms. The van der Waals surface area contributed by atoms with Crippen LogP contribution >= 0.6 is 0 Å². The van der Waals surface area contributed by atoms with Gasteiger partial charge in [-0.15, -0.1) is 0 Å². The molecule has 0 fully saturated rings. The van der Waals surface area contributed by atoms with Gasteiger partial charge in [-0.3, -0.25) is 4.79 Å². The van der Waals surface area contributed by atoms with Gasteiger partial charge in [0.2, 0.25) is 5.91 Å². The molecule has 118 valence electrons. The lowest BCUT2D eigenvalue weighted by Crippen LogP contribution is -2.44. The van der Waals surface area contributed by atoms with Crippen LogP contribution in [0.1, 0.15) is 32.3 Å². The van der Waals surface area contributed by atoms with Crippen molar-refractivity contribution in [1.82, 2.24) is 9.03 Å². The zero-order chi connectivity index (χ0) is 16.2. The van der Waals surface area contributed by atoms with Crippen molar-refractivity contribution >= 4 is 16.1 Å². The number of benzene rings is 1. The molecule has 0 bridgehead atoms. The third-order valence-electron chi connectivity index (χ3n) is 3.10. The molecule has 0 aliphatic rings. The number of nitrogens with one attached hydrogen (secondary N) is 1. The van der Waals surface area contributed by atoms with Gasteiger partial charge in [0.1, 0.15) is 11.6 Å². The Balaban J connectivity index is 2.93. The van der Waals surface area contributed by atoms with E-state index in [-0.39, 0.29) is 18.7 Å². The Labute approximate surface area is 123 Å². The zero-order valence-corrected chi connectivity index (χ0v) is 12.9. The van der Waals surface area contributed by atoms with Crippen molar-refractivity contribution in [3.05, 3.63) is 35.4 Å². The fourth-order valence-electron chi connectivity index (χ4n) is 1.84. The van der Waals surface area contributed by atoms with Crippen LogP contribution in [0.25, 0.3) is 0 Å². The fourth-order valence-corrected chi connectivity index (χ4v) is 3.08. The van der Waals surface area contributed by atoms with Gasteiger partial charge in [0.05, 0.1) is 5.92 Å². The van der Waals surface area contributed by atoms with Crippen molar-refractivity contribution in [2.75, 3.05) is 13.1 Å². The van der Waals surface area contributed by atoms with E-state index < -0.39 is 33.7 Å². The smallest absolute Gasteiger partial charge is 0.273 e. The second kappa shape index (κ2) is 6.95. The Morgan fingerprint density at radius 2 is 1.86 bits per heavy atom. The highest BCUT2D eigenvalue weighted by molar-refractivity contribution is 7.87. The Kier molecular flexibility index (Phi) is 5.79. The molecule has 1 unspecified atom stereocenters.